The molecule has 1 aliphatic carbocycles. The fourth-order valence-electron chi connectivity index (χ4n) is 0.632. The van der Waals surface area contributed by atoms with Crippen molar-refractivity contribution in [2.75, 3.05) is 0 Å². The standard InChI is InChI=1S/C5H7F.C3H8/c6-5-3-1-2-4-5;1-3-2/h3H,1-2,4H2;3H2,1-2H3. The third kappa shape index (κ3) is 5.54. The molecule has 1 heteroatoms. The van der Waals surface area contributed by atoms with Gasteiger partial charge in [0.2, 0.25) is 0 Å². The van der Waals surface area contributed by atoms with Crippen LogP contribution in [0.25, 0.3) is 0 Å². The summed E-state index contributed by atoms with van der Waals surface area (Å²) in [5, 5.41) is 0. The lowest BCUT2D eigenvalue weighted by Crippen LogP contribution is -1.57. The number of halogens is 1. The van der Waals surface area contributed by atoms with Crippen molar-refractivity contribution in [3.63, 3.8) is 0 Å². The van der Waals surface area contributed by atoms with Crippen LogP contribution in [0.3, 0.4) is 0 Å². The number of rotatable bonds is 0. The Morgan fingerprint density at radius 2 is 2.11 bits per heavy atom. The highest BCUT2D eigenvalue weighted by Crippen LogP contribution is 2.17. The Morgan fingerprint density at radius 3 is 2.22 bits per heavy atom. The first-order valence-electron chi connectivity index (χ1n) is 3.65. The van der Waals surface area contributed by atoms with Crippen LogP contribution in [0.15, 0.2) is 11.9 Å². The van der Waals surface area contributed by atoms with Crippen LogP contribution in [0.1, 0.15) is 39.5 Å². The summed E-state index contributed by atoms with van der Waals surface area (Å²) in [6.45, 7) is 4.25. The van der Waals surface area contributed by atoms with E-state index in [-0.39, 0.29) is 5.83 Å². The third-order valence-electron chi connectivity index (χ3n) is 0.986. The minimum Gasteiger partial charge on any atom is -0.212 e. The van der Waals surface area contributed by atoms with Gasteiger partial charge in [-0.3, -0.25) is 0 Å². The van der Waals surface area contributed by atoms with E-state index in [0.29, 0.717) is 6.42 Å². The van der Waals surface area contributed by atoms with Crippen LogP contribution >= 0.6 is 0 Å². The smallest absolute Gasteiger partial charge is 0.0959 e. The molecule has 9 heavy (non-hydrogen) atoms. The van der Waals surface area contributed by atoms with Gasteiger partial charge in [0, 0.05) is 0 Å². The highest BCUT2D eigenvalue weighted by Gasteiger charge is 1.99. The molecular formula is C8H15F. The van der Waals surface area contributed by atoms with Crippen LogP contribution in [0.2, 0.25) is 0 Å². The van der Waals surface area contributed by atoms with Crippen molar-refractivity contribution >= 4 is 0 Å². The summed E-state index contributed by atoms with van der Waals surface area (Å²) in [6, 6.07) is 0. The van der Waals surface area contributed by atoms with Crippen LogP contribution in [0.4, 0.5) is 4.39 Å². The molecule has 0 unspecified atom stereocenters. The second kappa shape index (κ2) is 5.80. The predicted octanol–water partition coefficient (Wildman–Crippen LogP) is 3.44. The highest BCUT2D eigenvalue weighted by molar-refractivity contribution is 4.97. The van der Waals surface area contributed by atoms with Gasteiger partial charge in [-0.05, 0) is 19.3 Å². The van der Waals surface area contributed by atoms with Gasteiger partial charge in [0.15, 0.2) is 0 Å². The summed E-state index contributed by atoms with van der Waals surface area (Å²) in [7, 11) is 0. The summed E-state index contributed by atoms with van der Waals surface area (Å²) in [4.78, 5) is 0. The van der Waals surface area contributed by atoms with E-state index in [9.17, 15) is 4.39 Å². The van der Waals surface area contributed by atoms with Gasteiger partial charge in [-0.2, -0.15) is 0 Å². The zero-order valence-corrected chi connectivity index (χ0v) is 6.28. The van der Waals surface area contributed by atoms with E-state index < -0.39 is 0 Å². The lowest BCUT2D eigenvalue weighted by atomic mass is 10.4. The normalized spacial score (nSPS) is 16.1. The minimum atomic E-state index is 0.0787. The molecule has 0 atom stereocenters. The molecule has 0 spiro atoms. The Hall–Kier alpha value is -0.330. The van der Waals surface area contributed by atoms with Gasteiger partial charge in [-0.15, -0.1) is 0 Å². The molecule has 1 aliphatic rings. The Morgan fingerprint density at radius 1 is 1.56 bits per heavy atom. The molecule has 0 aromatic rings. The first-order valence-corrected chi connectivity index (χ1v) is 3.65. The molecule has 54 valence electrons. The van der Waals surface area contributed by atoms with Gasteiger partial charge < -0.3 is 0 Å². The van der Waals surface area contributed by atoms with E-state index in [1.165, 1.54) is 6.42 Å². The van der Waals surface area contributed by atoms with E-state index >= 15 is 0 Å². The molecule has 0 aliphatic heterocycles. The molecule has 0 heterocycles. The minimum absolute atomic E-state index is 0.0787. The van der Waals surface area contributed by atoms with Crippen molar-refractivity contribution in [3.8, 4) is 0 Å². The Balaban J connectivity index is 0.000000187. The topological polar surface area (TPSA) is 0 Å². The summed E-state index contributed by atoms with van der Waals surface area (Å²) < 4.78 is 11.8. The highest BCUT2D eigenvalue weighted by atomic mass is 19.1. The third-order valence-corrected chi connectivity index (χ3v) is 0.986. The Bertz CT molecular complexity index is 84.6. The molecule has 1 rings (SSSR count). The lowest BCUT2D eigenvalue weighted by Gasteiger charge is -1.75. The fraction of sp³-hybridized carbons (Fsp3) is 0.750. The molecular weight excluding hydrogens is 115 g/mol. The van der Waals surface area contributed by atoms with Gasteiger partial charge >= 0.3 is 0 Å². The van der Waals surface area contributed by atoms with Crippen LogP contribution in [-0.2, 0) is 0 Å². The van der Waals surface area contributed by atoms with Crippen LogP contribution in [0, 0.1) is 0 Å². The van der Waals surface area contributed by atoms with E-state index in [0.717, 1.165) is 12.8 Å². The van der Waals surface area contributed by atoms with Gasteiger partial charge in [-0.1, -0.05) is 26.3 Å². The average molecular weight is 130 g/mol. The van der Waals surface area contributed by atoms with E-state index in [2.05, 4.69) is 13.8 Å². The summed E-state index contributed by atoms with van der Waals surface area (Å²) in [5.41, 5.74) is 0. The number of hydrogen-bond donors (Lipinski definition) is 0. The molecule has 0 saturated heterocycles. The predicted molar refractivity (Wildman–Crippen MR) is 39.0 cm³/mol. The quantitative estimate of drug-likeness (QED) is 0.471. The van der Waals surface area contributed by atoms with Crippen molar-refractivity contribution in [1.29, 1.82) is 0 Å². The summed E-state index contributed by atoms with van der Waals surface area (Å²) in [5.74, 6) is 0.0787. The average Bonchev–Trinajstić information content (AvgIpc) is 2.20. The Labute approximate surface area is 56.8 Å². The fourth-order valence-corrected chi connectivity index (χ4v) is 0.632. The number of hydrogen-bond acceptors (Lipinski definition) is 0. The van der Waals surface area contributed by atoms with Crippen LogP contribution in [-0.4, -0.2) is 0 Å². The van der Waals surface area contributed by atoms with Gasteiger partial charge in [0.25, 0.3) is 0 Å². The van der Waals surface area contributed by atoms with Gasteiger partial charge in [0.05, 0.1) is 5.83 Å². The first kappa shape index (κ1) is 8.67. The van der Waals surface area contributed by atoms with Gasteiger partial charge in [-0.25, -0.2) is 4.39 Å². The maximum atomic E-state index is 11.8. The second-order valence-electron chi connectivity index (χ2n) is 2.25. The van der Waals surface area contributed by atoms with Crippen molar-refractivity contribution in [2.24, 2.45) is 0 Å². The monoisotopic (exact) mass is 130 g/mol. The molecule has 0 aromatic carbocycles. The Kier molecular flexibility index (Phi) is 5.59. The van der Waals surface area contributed by atoms with Crippen molar-refractivity contribution in [1.82, 2.24) is 0 Å². The molecule has 0 nitrogen and oxygen atoms in total. The lowest BCUT2D eigenvalue weighted by molar-refractivity contribution is 0.605. The van der Waals surface area contributed by atoms with Crippen molar-refractivity contribution in [2.45, 2.75) is 39.5 Å². The molecule has 0 N–H and O–H groups in total. The molecule has 0 fully saturated rings. The van der Waals surface area contributed by atoms with Crippen LogP contribution in [0.5, 0.6) is 0 Å². The molecule has 0 bridgehead atoms. The largest absolute Gasteiger partial charge is 0.212 e. The van der Waals surface area contributed by atoms with Gasteiger partial charge in [0.1, 0.15) is 0 Å². The first-order chi connectivity index (χ1) is 4.31. The SMILES string of the molecule is CCC.FC1=CCCC1. The van der Waals surface area contributed by atoms with Crippen molar-refractivity contribution < 1.29 is 4.39 Å². The number of allylic oxidation sites excluding steroid dienone is 2. The molecule has 0 radical (unpaired) electrons. The summed E-state index contributed by atoms with van der Waals surface area (Å²) >= 11 is 0. The van der Waals surface area contributed by atoms with E-state index in [1.54, 1.807) is 6.08 Å². The second-order valence-corrected chi connectivity index (χ2v) is 2.25. The zero-order valence-electron chi connectivity index (χ0n) is 6.28. The molecule has 0 aromatic heterocycles. The van der Waals surface area contributed by atoms with Crippen LogP contribution < -0.4 is 0 Å². The zero-order chi connectivity index (χ0) is 7.11. The maximum absolute atomic E-state index is 11.8. The molecule has 0 amide bonds. The molecule has 0 saturated carbocycles. The summed E-state index contributed by atoms with van der Waals surface area (Å²) in [6.07, 6.45) is 5.55. The maximum Gasteiger partial charge on any atom is 0.0959 e. The van der Waals surface area contributed by atoms with E-state index in [1.807, 2.05) is 0 Å². The van der Waals surface area contributed by atoms with Crippen molar-refractivity contribution in [3.05, 3.63) is 11.9 Å². The van der Waals surface area contributed by atoms with E-state index in [4.69, 9.17) is 0 Å².